The molecule has 2 rings (SSSR count). The summed E-state index contributed by atoms with van der Waals surface area (Å²) in [6.07, 6.45) is -3.17. The van der Waals surface area contributed by atoms with E-state index in [0.29, 0.717) is 9.99 Å². The lowest BCUT2D eigenvalue weighted by Crippen LogP contribution is -2.05. The summed E-state index contributed by atoms with van der Waals surface area (Å²) in [5, 5.41) is 0.119. The van der Waals surface area contributed by atoms with Gasteiger partial charge >= 0.3 is 6.18 Å². The third-order valence-corrected chi connectivity index (χ3v) is 2.50. The summed E-state index contributed by atoms with van der Waals surface area (Å²) in [5.74, 6) is 0. The second-order valence-corrected chi connectivity index (χ2v) is 3.93. The summed E-state index contributed by atoms with van der Waals surface area (Å²) in [5.41, 5.74) is -0.320. The molecule has 0 aliphatic heterocycles. The molecule has 0 amide bonds. The Morgan fingerprint density at radius 2 is 1.87 bits per heavy atom. The number of nitrogens with zero attached hydrogens (tertiary/aromatic N) is 1. The summed E-state index contributed by atoms with van der Waals surface area (Å²) in [7, 11) is 0. The maximum Gasteiger partial charge on any atom is 0.417 e. The van der Waals surface area contributed by atoms with Gasteiger partial charge in [-0.25, -0.2) is 0 Å². The van der Waals surface area contributed by atoms with Crippen molar-refractivity contribution in [3.63, 3.8) is 0 Å². The number of benzene rings is 1. The van der Waals surface area contributed by atoms with Gasteiger partial charge in [-0.1, -0.05) is 22.0 Å². The minimum Gasteiger partial charge on any atom is -0.256 e. The lowest BCUT2D eigenvalue weighted by molar-refractivity contribution is -0.136. The number of rotatable bonds is 0. The number of hydrogen-bond donors (Lipinski definition) is 0. The molecule has 0 atom stereocenters. The molecule has 0 fully saturated rings. The summed E-state index contributed by atoms with van der Waals surface area (Å²) in [6.45, 7) is 0. The van der Waals surface area contributed by atoms with E-state index in [4.69, 9.17) is 0 Å². The lowest BCUT2D eigenvalue weighted by atomic mass is 10.1. The van der Waals surface area contributed by atoms with Crippen LogP contribution in [0.5, 0.6) is 0 Å². The molecule has 0 radical (unpaired) electrons. The molecule has 0 bridgehead atoms. The monoisotopic (exact) mass is 275 g/mol. The molecule has 1 aromatic carbocycles. The van der Waals surface area contributed by atoms with Crippen LogP contribution in [0.15, 0.2) is 34.9 Å². The Bertz CT molecular complexity index is 507. The van der Waals surface area contributed by atoms with Crippen molar-refractivity contribution in [2.24, 2.45) is 0 Å². The van der Waals surface area contributed by atoms with Gasteiger partial charge in [-0.15, -0.1) is 0 Å². The fraction of sp³-hybridized carbons (Fsp3) is 0.100. The lowest BCUT2D eigenvalue weighted by Gasteiger charge is -2.09. The van der Waals surface area contributed by atoms with Crippen LogP contribution in [0.4, 0.5) is 13.2 Å². The molecule has 1 heterocycles. The third-order valence-electron chi connectivity index (χ3n) is 2.01. The van der Waals surface area contributed by atoms with E-state index in [2.05, 4.69) is 20.9 Å². The van der Waals surface area contributed by atoms with Gasteiger partial charge in [-0.3, -0.25) is 4.98 Å². The second kappa shape index (κ2) is 3.48. The minimum absolute atomic E-state index is 0.119. The predicted octanol–water partition coefficient (Wildman–Crippen LogP) is 4.02. The van der Waals surface area contributed by atoms with Crippen molar-refractivity contribution in [3.05, 3.63) is 40.5 Å². The van der Waals surface area contributed by atoms with Crippen molar-refractivity contribution in [2.45, 2.75) is 6.18 Å². The van der Waals surface area contributed by atoms with Crippen molar-refractivity contribution in [2.75, 3.05) is 0 Å². The molecule has 1 aromatic heterocycles. The van der Waals surface area contributed by atoms with E-state index in [1.807, 2.05) is 0 Å². The first kappa shape index (κ1) is 10.4. The summed E-state index contributed by atoms with van der Waals surface area (Å²) in [6, 6.07) is 5.52. The fourth-order valence-electron chi connectivity index (χ4n) is 1.37. The van der Waals surface area contributed by atoms with Crippen molar-refractivity contribution in [1.29, 1.82) is 0 Å². The molecule has 0 spiro atoms. The first-order valence-corrected chi connectivity index (χ1v) is 4.89. The van der Waals surface area contributed by atoms with Crippen molar-refractivity contribution >= 4 is 26.8 Å². The van der Waals surface area contributed by atoms with Gasteiger partial charge in [0.15, 0.2) is 0 Å². The van der Waals surface area contributed by atoms with Gasteiger partial charge in [0.2, 0.25) is 0 Å². The van der Waals surface area contributed by atoms with Gasteiger partial charge in [-0.05, 0) is 18.2 Å². The largest absolute Gasteiger partial charge is 0.417 e. The SMILES string of the molecule is FC(F)(F)c1ccnc2cc(Br)ccc12. The first-order chi connectivity index (χ1) is 6.98. The van der Waals surface area contributed by atoms with Crippen molar-refractivity contribution in [3.8, 4) is 0 Å². The van der Waals surface area contributed by atoms with Gasteiger partial charge in [-0.2, -0.15) is 13.2 Å². The average Bonchev–Trinajstić information content (AvgIpc) is 2.15. The van der Waals surface area contributed by atoms with Crippen LogP contribution >= 0.6 is 15.9 Å². The zero-order chi connectivity index (χ0) is 11.1. The highest BCUT2D eigenvalue weighted by Gasteiger charge is 2.32. The smallest absolute Gasteiger partial charge is 0.256 e. The highest BCUT2D eigenvalue weighted by atomic mass is 79.9. The summed E-state index contributed by atoms with van der Waals surface area (Å²) < 4.78 is 38.4. The Kier molecular flexibility index (Phi) is 2.42. The van der Waals surface area contributed by atoms with Gasteiger partial charge in [0.1, 0.15) is 0 Å². The molecule has 2 aromatic rings. The van der Waals surface area contributed by atoms with Gasteiger partial charge in [0.25, 0.3) is 0 Å². The Hall–Kier alpha value is -1.10. The van der Waals surface area contributed by atoms with E-state index < -0.39 is 11.7 Å². The maximum atomic E-state index is 12.6. The third kappa shape index (κ3) is 1.97. The van der Waals surface area contributed by atoms with Crippen LogP contribution in [0.2, 0.25) is 0 Å². The number of alkyl halides is 3. The van der Waals surface area contributed by atoms with Crippen LogP contribution in [-0.2, 0) is 6.18 Å². The Labute approximate surface area is 92.1 Å². The maximum absolute atomic E-state index is 12.6. The average molecular weight is 276 g/mol. The molecule has 0 aliphatic carbocycles. The number of pyridine rings is 1. The quantitative estimate of drug-likeness (QED) is 0.708. The van der Waals surface area contributed by atoms with Crippen LogP contribution in [0, 0.1) is 0 Å². The van der Waals surface area contributed by atoms with Crippen LogP contribution < -0.4 is 0 Å². The van der Waals surface area contributed by atoms with E-state index in [0.717, 1.165) is 12.3 Å². The van der Waals surface area contributed by atoms with Crippen molar-refractivity contribution in [1.82, 2.24) is 4.98 Å². The predicted molar refractivity (Wildman–Crippen MR) is 54.4 cm³/mol. The van der Waals surface area contributed by atoms with E-state index in [1.54, 1.807) is 12.1 Å². The Morgan fingerprint density at radius 1 is 1.13 bits per heavy atom. The Balaban J connectivity index is 2.77. The molecule has 0 unspecified atom stereocenters. The molecular weight excluding hydrogens is 271 g/mol. The van der Waals surface area contributed by atoms with Crippen LogP contribution in [0.25, 0.3) is 10.9 Å². The summed E-state index contributed by atoms with van der Waals surface area (Å²) >= 11 is 3.19. The van der Waals surface area contributed by atoms with Crippen LogP contribution in [-0.4, -0.2) is 4.98 Å². The number of halogens is 4. The fourth-order valence-corrected chi connectivity index (χ4v) is 1.72. The molecule has 0 N–H and O–H groups in total. The molecule has 5 heteroatoms. The molecule has 0 saturated carbocycles. The standard InChI is InChI=1S/C10H5BrF3N/c11-6-1-2-7-8(10(12,13)14)3-4-15-9(7)5-6/h1-5H. The highest BCUT2D eigenvalue weighted by molar-refractivity contribution is 9.10. The minimum atomic E-state index is -4.34. The number of hydrogen-bond acceptors (Lipinski definition) is 1. The zero-order valence-electron chi connectivity index (χ0n) is 7.35. The van der Waals surface area contributed by atoms with Crippen LogP contribution in [0.1, 0.15) is 5.56 Å². The van der Waals surface area contributed by atoms with Gasteiger partial charge in [0, 0.05) is 16.1 Å². The van der Waals surface area contributed by atoms with Crippen LogP contribution in [0.3, 0.4) is 0 Å². The van der Waals surface area contributed by atoms with Gasteiger partial charge < -0.3 is 0 Å². The van der Waals surface area contributed by atoms with Gasteiger partial charge in [0.05, 0.1) is 11.1 Å². The normalized spacial score (nSPS) is 12.0. The molecule has 0 saturated heterocycles. The zero-order valence-corrected chi connectivity index (χ0v) is 8.93. The second-order valence-electron chi connectivity index (χ2n) is 3.02. The highest BCUT2D eigenvalue weighted by Crippen LogP contribution is 2.34. The molecule has 78 valence electrons. The van der Waals surface area contributed by atoms with Crippen molar-refractivity contribution < 1.29 is 13.2 Å². The Morgan fingerprint density at radius 3 is 2.53 bits per heavy atom. The molecule has 15 heavy (non-hydrogen) atoms. The van der Waals surface area contributed by atoms with E-state index in [1.165, 1.54) is 6.07 Å². The molecule has 0 aliphatic rings. The number of fused-ring (bicyclic) bond motifs is 1. The summed E-state index contributed by atoms with van der Waals surface area (Å²) in [4.78, 5) is 3.89. The van der Waals surface area contributed by atoms with E-state index >= 15 is 0 Å². The molecular formula is C10H5BrF3N. The molecule has 1 nitrogen and oxygen atoms in total. The number of aromatic nitrogens is 1. The topological polar surface area (TPSA) is 12.9 Å². The van der Waals surface area contributed by atoms with E-state index in [9.17, 15) is 13.2 Å². The first-order valence-electron chi connectivity index (χ1n) is 4.10. The van der Waals surface area contributed by atoms with E-state index in [-0.39, 0.29) is 5.39 Å².